The molecule has 0 unspecified atom stereocenters. The van der Waals surface area contributed by atoms with Crippen molar-refractivity contribution in [1.82, 2.24) is 46.5 Å². The van der Waals surface area contributed by atoms with E-state index in [9.17, 15) is 58.5 Å². The van der Waals surface area contributed by atoms with Gasteiger partial charge in [0, 0.05) is 67.4 Å². The van der Waals surface area contributed by atoms with Crippen LogP contribution in [0.1, 0.15) is 73.6 Å². The van der Waals surface area contributed by atoms with Gasteiger partial charge >= 0.3 is 18.0 Å². The zero-order valence-corrected chi connectivity index (χ0v) is 49.0. The number of aliphatic carboxylic acids is 2. The number of phenols is 2. The molecule has 0 radical (unpaired) electrons. The molecule has 86 heavy (non-hydrogen) atoms. The van der Waals surface area contributed by atoms with Crippen LogP contribution < -0.4 is 70.6 Å². The molecule has 7 atom stereocenters. The average molecular weight is 1240 g/mol. The normalized spacial score (nSPS) is 17.6. The standard InChI is InChI=1S/C52H69N17O15S2/c1-23-20-69-39-36(30(21-84-51(56)82)52(69,83-5)25(23)3)41(74)37(24(2)40(39)73)57-15-16-85-86-22-33(46(78)62-26(4)43(75)61-19-35(71)72)66-45(77)31(7-6-14-58-49(53)54)64-34(70)13-12-32(48(80)81)65-44(76)27-8-10-28(11-9-27)59-17-29-18-60-42-38(63-29)47(79)68-50(55)67-42/h8-11,18,21,23,25-26,31-33,57,59,73-74H,6-7,12-17,19-20,22H2,1-5H3,(H2,56,82)(H,61,75)(H,62,78)(H,64,70)(H,65,76)(H,66,77)(H,71,72)(H,80,81)(H4,53,54,58)(H3,55,60,67,68,79)/t23-,25-,26-,31-,32-,33-,52-/m0/s1. The van der Waals surface area contributed by atoms with E-state index in [1.807, 2.05) is 18.7 Å². The Balaban J connectivity index is 1.09. The number of aromatic hydroxyl groups is 2. The summed E-state index contributed by atoms with van der Waals surface area (Å²) < 4.78 is 11.2. The molecule has 2 aromatic carbocycles. The second-order valence-corrected chi connectivity index (χ2v) is 22.6. The number of fused-ring (bicyclic) bond motifs is 4. The van der Waals surface area contributed by atoms with E-state index in [0.717, 1.165) is 17.1 Å². The summed E-state index contributed by atoms with van der Waals surface area (Å²) in [4.78, 5) is 135. The van der Waals surface area contributed by atoms with Gasteiger partial charge in [-0.25, -0.2) is 19.6 Å². The van der Waals surface area contributed by atoms with Gasteiger partial charge in [-0.3, -0.25) is 43.5 Å². The Morgan fingerprint density at radius 3 is 2.29 bits per heavy atom. The lowest BCUT2D eigenvalue weighted by atomic mass is 9.84. The summed E-state index contributed by atoms with van der Waals surface area (Å²) in [7, 11) is 3.81. The summed E-state index contributed by atoms with van der Waals surface area (Å²) in [5.41, 5.74) is 22.3. The van der Waals surface area contributed by atoms with Crippen LogP contribution in [-0.4, -0.2) is 169 Å². The van der Waals surface area contributed by atoms with Crippen LogP contribution in [0, 0.1) is 18.8 Å². The molecule has 20 N–H and O–H groups in total. The number of carbonyl (C=O) groups is 8. The van der Waals surface area contributed by atoms with E-state index in [1.54, 1.807) is 19.1 Å². The number of anilines is 4. The third kappa shape index (κ3) is 16.1. The molecule has 464 valence electrons. The van der Waals surface area contributed by atoms with Gasteiger partial charge in [0.15, 0.2) is 22.8 Å². The average Bonchev–Trinajstić information content (AvgIpc) is 1.54. The lowest BCUT2D eigenvalue weighted by Crippen LogP contribution is -2.57. The smallest absolute Gasteiger partial charge is 0.409 e. The Hall–Kier alpha value is -9.31. The molecule has 1 fully saturated rings. The fourth-order valence-corrected chi connectivity index (χ4v) is 11.7. The lowest BCUT2D eigenvalue weighted by Gasteiger charge is -2.36. The SMILES string of the molecule is CO[C@@]12C(=COC(N)=O)c3c(O)c(NCCSSC[C@H](NC(=O)[C@H](CCCN=C(N)N)NC(=O)CC[C@H](NC(=O)c4ccc(NCc5cnc6nc(N)[nH]c(=O)c6n5)cc4)C(=O)O)C(=O)N[C@@H](C)C(=O)NCC(=O)O)c(C)c(O)c3N1C[C@H](C)[C@@H]2C. The van der Waals surface area contributed by atoms with Crippen LogP contribution in [-0.2, 0) is 44.8 Å². The number of nitrogens with one attached hydrogen (secondary N) is 8. The number of amides is 6. The Kier molecular flexibility index (Phi) is 22.6. The van der Waals surface area contributed by atoms with Gasteiger partial charge in [-0.1, -0.05) is 35.4 Å². The van der Waals surface area contributed by atoms with Crippen LogP contribution in [0.3, 0.4) is 0 Å². The highest BCUT2D eigenvalue weighted by molar-refractivity contribution is 8.76. The molecule has 4 aromatic rings. The molecule has 0 bridgehead atoms. The number of ether oxygens (including phenoxy) is 2. The third-order valence-corrected chi connectivity index (χ3v) is 16.5. The summed E-state index contributed by atoms with van der Waals surface area (Å²) >= 11 is 0. The Morgan fingerprint density at radius 2 is 1.63 bits per heavy atom. The van der Waals surface area contributed by atoms with Crippen LogP contribution in [0.25, 0.3) is 16.7 Å². The minimum atomic E-state index is -1.57. The van der Waals surface area contributed by atoms with Crippen molar-refractivity contribution in [2.75, 3.05) is 66.1 Å². The number of hydrogen-bond donors (Lipinski definition) is 16. The van der Waals surface area contributed by atoms with Crippen LogP contribution in [0.4, 0.5) is 27.8 Å². The largest absolute Gasteiger partial charge is 0.505 e. The maximum absolute atomic E-state index is 14.1. The molecule has 0 aliphatic carbocycles. The van der Waals surface area contributed by atoms with Gasteiger partial charge in [0.05, 0.1) is 40.9 Å². The molecule has 2 aliphatic rings. The number of benzene rings is 2. The Morgan fingerprint density at radius 1 is 0.919 bits per heavy atom. The minimum absolute atomic E-state index is 0.0116. The number of carboxylic acid groups (broad SMARTS) is 2. The van der Waals surface area contributed by atoms with Crippen LogP contribution in [0.5, 0.6) is 11.5 Å². The van der Waals surface area contributed by atoms with E-state index in [1.165, 1.54) is 43.2 Å². The summed E-state index contributed by atoms with van der Waals surface area (Å²) in [6.07, 6.45) is 0.511. The first-order valence-electron chi connectivity index (χ1n) is 26.7. The van der Waals surface area contributed by atoms with Crippen LogP contribution in [0.15, 0.2) is 46.5 Å². The predicted octanol–water partition coefficient (Wildman–Crippen LogP) is -0.303. The number of H-pyrrole nitrogens is 1. The number of nitrogens with two attached hydrogens (primary N) is 4. The van der Waals surface area contributed by atoms with Crippen molar-refractivity contribution in [1.29, 1.82) is 0 Å². The van der Waals surface area contributed by atoms with Crippen LogP contribution >= 0.6 is 21.6 Å². The number of nitrogens with zero attached hydrogens (tertiary/aromatic N) is 5. The molecule has 6 amide bonds. The number of aromatic nitrogens is 4. The van der Waals surface area contributed by atoms with E-state index in [2.05, 4.69) is 62.1 Å². The van der Waals surface area contributed by atoms with E-state index < -0.39 is 102 Å². The Labute approximate surface area is 498 Å². The molecule has 2 aromatic heterocycles. The van der Waals surface area contributed by atoms with Gasteiger partial charge in [-0.05, 0) is 63.3 Å². The number of phenolic OH excluding ortho intramolecular Hbond substituents is 2. The second kappa shape index (κ2) is 29.5. The topological polar surface area (TPSA) is 511 Å². The highest BCUT2D eigenvalue weighted by Crippen LogP contribution is 2.63. The number of hydrogen-bond acceptors (Lipinski definition) is 23. The van der Waals surface area contributed by atoms with Gasteiger partial charge < -0.3 is 95.0 Å². The number of carbonyl (C=O) groups excluding carboxylic acids is 6. The zero-order chi connectivity index (χ0) is 63.2. The van der Waals surface area contributed by atoms with E-state index in [4.69, 9.17) is 37.5 Å². The molecule has 0 saturated carbocycles. The number of methoxy groups -OCH3 is 1. The minimum Gasteiger partial charge on any atom is -0.505 e. The molecule has 32 nitrogen and oxygen atoms in total. The number of aliphatic imine (C=N–C) groups is 1. The number of primary amides is 1. The monoisotopic (exact) mass is 1240 g/mol. The van der Waals surface area contributed by atoms with Gasteiger partial charge in [0.2, 0.25) is 29.6 Å². The maximum Gasteiger partial charge on any atom is 0.409 e. The molecule has 2 aliphatic heterocycles. The van der Waals surface area contributed by atoms with Crippen molar-refractivity contribution in [2.45, 2.75) is 89.8 Å². The maximum atomic E-state index is 14.1. The number of rotatable bonds is 30. The molecule has 4 heterocycles. The van der Waals surface area contributed by atoms with E-state index in [-0.39, 0.29) is 118 Å². The lowest BCUT2D eigenvalue weighted by molar-refractivity contribution is -0.140. The van der Waals surface area contributed by atoms with Crippen molar-refractivity contribution in [3.05, 3.63) is 69.5 Å². The summed E-state index contributed by atoms with van der Waals surface area (Å²) in [5, 5.41) is 61.1. The summed E-state index contributed by atoms with van der Waals surface area (Å²) in [6.45, 7) is 6.83. The molecule has 0 spiro atoms. The Bertz CT molecular complexity index is 3350. The number of guanidine groups is 1. The van der Waals surface area contributed by atoms with Crippen molar-refractivity contribution < 1.29 is 68.3 Å². The third-order valence-electron chi connectivity index (χ3n) is 14.1. The fourth-order valence-electron chi connectivity index (χ4n) is 9.61. The van der Waals surface area contributed by atoms with Crippen molar-refractivity contribution in [3.63, 3.8) is 0 Å². The summed E-state index contributed by atoms with van der Waals surface area (Å²) in [5.74, 6) is -7.78. The zero-order valence-electron chi connectivity index (χ0n) is 47.3. The van der Waals surface area contributed by atoms with Crippen molar-refractivity contribution in [3.8, 4) is 11.5 Å². The van der Waals surface area contributed by atoms with Gasteiger partial charge in [-0.15, -0.1) is 0 Å². The molecular formula is C52H69N17O15S2. The van der Waals surface area contributed by atoms with E-state index >= 15 is 0 Å². The van der Waals surface area contributed by atoms with Gasteiger partial charge in [0.1, 0.15) is 48.5 Å². The first kappa shape index (κ1) is 65.8. The van der Waals surface area contributed by atoms with Crippen molar-refractivity contribution >= 4 is 115 Å². The van der Waals surface area contributed by atoms with E-state index in [0.29, 0.717) is 23.5 Å². The van der Waals surface area contributed by atoms with Gasteiger partial charge in [0.25, 0.3) is 11.5 Å². The highest BCUT2D eigenvalue weighted by atomic mass is 33.1. The molecule has 6 rings (SSSR count). The molecule has 34 heteroatoms. The quantitative estimate of drug-likeness (QED) is 0.00606. The molecule has 1 saturated heterocycles. The number of aromatic amines is 1. The second-order valence-electron chi connectivity index (χ2n) is 20.0. The highest BCUT2D eigenvalue weighted by Gasteiger charge is 2.61. The first-order chi connectivity index (χ1) is 40.8. The number of nitrogen functional groups attached to an aromatic ring is 1. The fraction of sp³-hybridized carbons (Fsp3) is 0.442. The van der Waals surface area contributed by atoms with Crippen molar-refractivity contribution in [2.24, 2.45) is 34.0 Å². The summed E-state index contributed by atoms with van der Waals surface area (Å²) in [6, 6.07) is 0.308. The van der Waals surface area contributed by atoms with Gasteiger partial charge in [-0.2, -0.15) is 4.98 Å². The predicted molar refractivity (Wildman–Crippen MR) is 318 cm³/mol. The molecular weight excluding hydrogens is 1170 g/mol. The number of carboxylic acids is 2. The van der Waals surface area contributed by atoms with Crippen LogP contribution in [0.2, 0.25) is 0 Å². The first-order valence-corrected chi connectivity index (χ1v) is 29.2.